The molecule has 1 aromatic rings. The first-order chi connectivity index (χ1) is 15.0. The Bertz CT molecular complexity index is 784. The number of amides is 1. The molecule has 0 heterocycles. The molecule has 2 nitrogen and oxygen atoms in total. The van der Waals surface area contributed by atoms with Gasteiger partial charge in [0.05, 0.1) is 0 Å². The van der Waals surface area contributed by atoms with Crippen molar-refractivity contribution in [1.29, 1.82) is 0 Å². The minimum absolute atomic E-state index is 0.130. The van der Waals surface area contributed by atoms with E-state index in [9.17, 15) is 18.0 Å². The van der Waals surface area contributed by atoms with Crippen LogP contribution in [0.5, 0.6) is 0 Å². The van der Waals surface area contributed by atoms with Crippen molar-refractivity contribution in [3.05, 3.63) is 90.3 Å². The summed E-state index contributed by atoms with van der Waals surface area (Å²) in [6.07, 6.45) is 27.2. The fraction of sp³-hybridized carbons (Fsp3) is 0.346. The Labute approximate surface area is 183 Å². The highest BCUT2D eigenvalue weighted by molar-refractivity contribution is 5.90. The molecule has 0 fully saturated rings. The third-order valence-corrected chi connectivity index (χ3v) is 4.20. The molecular formula is C26H32F3NO. The van der Waals surface area contributed by atoms with Crippen LogP contribution in [0.4, 0.5) is 18.9 Å². The lowest BCUT2D eigenvalue weighted by Crippen LogP contribution is -2.13. The van der Waals surface area contributed by atoms with E-state index in [2.05, 4.69) is 60.8 Å². The monoisotopic (exact) mass is 431 g/mol. The van der Waals surface area contributed by atoms with Crippen molar-refractivity contribution in [2.75, 3.05) is 5.32 Å². The average Bonchev–Trinajstić information content (AvgIpc) is 2.73. The summed E-state index contributed by atoms with van der Waals surface area (Å²) in [6, 6.07) is 1.07. The van der Waals surface area contributed by atoms with Crippen molar-refractivity contribution >= 4 is 11.6 Å². The second-order valence-corrected chi connectivity index (χ2v) is 6.89. The first-order valence-electron chi connectivity index (χ1n) is 10.7. The van der Waals surface area contributed by atoms with Crippen LogP contribution in [0, 0.1) is 17.5 Å². The van der Waals surface area contributed by atoms with Crippen LogP contribution in [-0.4, -0.2) is 5.91 Å². The van der Waals surface area contributed by atoms with Crippen LogP contribution in [0.1, 0.15) is 58.3 Å². The Morgan fingerprint density at radius 1 is 0.774 bits per heavy atom. The van der Waals surface area contributed by atoms with Crippen LogP contribution < -0.4 is 5.32 Å². The number of nitrogens with one attached hydrogen (secondary N) is 1. The van der Waals surface area contributed by atoms with Gasteiger partial charge in [-0.05, 0) is 44.9 Å². The van der Waals surface area contributed by atoms with Crippen LogP contribution >= 0.6 is 0 Å². The zero-order valence-corrected chi connectivity index (χ0v) is 18.1. The molecule has 0 saturated carbocycles. The molecule has 168 valence electrons. The second kappa shape index (κ2) is 16.9. The first kappa shape index (κ1) is 26.2. The van der Waals surface area contributed by atoms with E-state index >= 15 is 0 Å². The maximum Gasteiger partial charge on any atom is 0.224 e. The molecule has 0 aliphatic rings. The summed E-state index contributed by atoms with van der Waals surface area (Å²) >= 11 is 0. The third-order valence-electron chi connectivity index (χ3n) is 4.20. The van der Waals surface area contributed by atoms with Gasteiger partial charge in [-0.15, -0.1) is 0 Å². The van der Waals surface area contributed by atoms with E-state index in [-0.39, 0.29) is 6.42 Å². The van der Waals surface area contributed by atoms with E-state index in [0.29, 0.717) is 25.0 Å². The third kappa shape index (κ3) is 13.2. The number of halogens is 3. The fourth-order valence-corrected chi connectivity index (χ4v) is 2.61. The van der Waals surface area contributed by atoms with Gasteiger partial charge in [-0.3, -0.25) is 4.79 Å². The second-order valence-electron chi connectivity index (χ2n) is 6.89. The summed E-state index contributed by atoms with van der Waals surface area (Å²) in [4.78, 5) is 11.8. The average molecular weight is 432 g/mol. The maximum absolute atomic E-state index is 13.5. The van der Waals surface area contributed by atoms with E-state index < -0.39 is 29.0 Å². The molecule has 31 heavy (non-hydrogen) atoms. The summed E-state index contributed by atoms with van der Waals surface area (Å²) in [7, 11) is 0. The highest BCUT2D eigenvalue weighted by Gasteiger charge is 2.13. The van der Waals surface area contributed by atoms with E-state index in [1.807, 2.05) is 12.2 Å². The van der Waals surface area contributed by atoms with Crippen molar-refractivity contribution in [3.63, 3.8) is 0 Å². The normalized spacial score (nSPS) is 12.4. The number of rotatable bonds is 14. The number of carbonyl (C=O) groups is 1. The lowest BCUT2D eigenvalue weighted by molar-refractivity contribution is -0.116. The highest BCUT2D eigenvalue weighted by Crippen LogP contribution is 2.20. The van der Waals surface area contributed by atoms with E-state index in [1.165, 1.54) is 0 Å². The quantitative estimate of drug-likeness (QED) is 0.235. The van der Waals surface area contributed by atoms with Gasteiger partial charge < -0.3 is 5.32 Å². The maximum atomic E-state index is 13.5. The number of allylic oxidation sites excluding steroid dienone is 10. The Balaban J connectivity index is 2.10. The highest BCUT2D eigenvalue weighted by atomic mass is 19.1. The molecule has 0 saturated heterocycles. The van der Waals surface area contributed by atoms with Gasteiger partial charge in [0, 0.05) is 18.6 Å². The summed E-state index contributed by atoms with van der Waals surface area (Å²) in [5, 5.41) is 2.16. The molecule has 1 aromatic carbocycles. The molecule has 0 radical (unpaired) electrons. The van der Waals surface area contributed by atoms with Gasteiger partial charge in [-0.25, -0.2) is 13.2 Å². The van der Waals surface area contributed by atoms with Crippen LogP contribution in [0.3, 0.4) is 0 Å². The van der Waals surface area contributed by atoms with E-state index in [4.69, 9.17) is 0 Å². The van der Waals surface area contributed by atoms with Crippen LogP contribution in [-0.2, 0) is 4.79 Å². The predicted molar refractivity (Wildman–Crippen MR) is 123 cm³/mol. The number of unbranched alkanes of at least 4 members (excludes halogenated alkanes) is 1. The van der Waals surface area contributed by atoms with Crippen molar-refractivity contribution in [1.82, 2.24) is 0 Å². The van der Waals surface area contributed by atoms with E-state index in [1.54, 1.807) is 0 Å². The summed E-state index contributed by atoms with van der Waals surface area (Å²) < 4.78 is 39.9. The van der Waals surface area contributed by atoms with Gasteiger partial charge in [0.2, 0.25) is 5.91 Å². The van der Waals surface area contributed by atoms with Gasteiger partial charge in [0.15, 0.2) is 11.6 Å². The van der Waals surface area contributed by atoms with Gasteiger partial charge in [-0.2, -0.15) is 0 Å². The number of hydrogen-bond donors (Lipinski definition) is 1. The van der Waals surface area contributed by atoms with Crippen molar-refractivity contribution < 1.29 is 18.0 Å². The Morgan fingerprint density at radius 3 is 1.71 bits per heavy atom. The van der Waals surface area contributed by atoms with Gasteiger partial charge in [0.25, 0.3) is 0 Å². The van der Waals surface area contributed by atoms with Crippen LogP contribution in [0.2, 0.25) is 0 Å². The standard InChI is InChI=1S/C26H32F3NO/c1-2-3-4-5-6-7-8-9-10-11-12-13-14-15-16-17-18-19-25(31)30-26-23(28)20-22(27)21-24(26)29/h3-4,6-7,9-10,12-13,15-16,20-21H,2,5,8,11,14,17-19H2,1H3,(H,30,31)/b4-3-,7-6-,10-9-,13-12-,16-15-. The van der Waals surface area contributed by atoms with Gasteiger partial charge in [0.1, 0.15) is 11.5 Å². The summed E-state index contributed by atoms with van der Waals surface area (Å²) in [5.74, 6) is -3.77. The minimum atomic E-state index is -1.12. The zero-order valence-electron chi connectivity index (χ0n) is 18.1. The topological polar surface area (TPSA) is 29.1 Å². The molecular weight excluding hydrogens is 399 g/mol. The summed E-state index contributed by atoms with van der Waals surface area (Å²) in [6.45, 7) is 2.13. The molecule has 0 atom stereocenters. The molecule has 0 bridgehead atoms. The number of anilines is 1. The minimum Gasteiger partial charge on any atom is -0.321 e. The molecule has 0 unspecified atom stereocenters. The molecule has 0 aliphatic carbocycles. The smallest absolute Gasteiger partial charge is 0.224 e. The summed E-state index contributed by atoms with van der Waals surface area (Å²) in [5.41, 5.74) is -0.610. The largest absolute Gasteiger partial charge is 0.321 e. The number of carbonyl (C=O) groups excluding carboxylic acids is 1. The fourth-order valence-electron chi connectivity index (χ4n) is 2.61. The van der Waals surface area contributed by atoms with E-state index in [0.717, 1.165) is 32.1 Å². The predicted octanol–water partition coefficient (Wildman–Crippen LogP) is 7.96. The Hall–Kier alpha value is -2.82. The lowest BCUT2D eigenvalue weighted by Gasteiger charge is -2.07. The molecule has 1 N–H and O–H groups in total. The number of benzene rings is 1. The SMILES string of the molecule is CC/C=C\C/C=C\C/C=C\C/C=C\C/C=C\CCCC(=O)Nc1c(F)cc(F)cc1F. The molecule has 1 rings (SSSR count). The number of hydrogen-bond acceptors (Lipinski definition) is 1. The Morgan fingerprint density at radius 2 is 1.23 bits per heavy atom. The van der Waals surface area contributed by atoms with Crippen molar-refractivity contribution in [2.24, 2.45) is 0 Å². The van der Waals surface area contributed by atoms with Crippen LogP contribution in [0.15, 0.2) is 72.9 Å². The molecule has 0 aliphatic heterocycles. The first-order valence-corrected chi connectivity index (χ1v) is 10.7. The van der Waals surface area contributed by atoms with Gasteiger partial charge in [-0.1, -0.05) is 67.7 Å². The molecule has 5 heteroatoms. The Kier molecular flexibility index (Phi) is 14.3. The lowest BCUT2D eigenvalue weighted by atomic mass is 10.2. The van der Waals surface area contributed by atoms with Crippen LogP contribution in [0.25, 0.3) is 0 Å². The van der Waals surface area contributed by atoms with Crippen molar-refractivity contribution in [2.45, 2.75) is 58.3 Å². The van der Waals surface area contributed by atoms with Gasteiger partial charge >= 0.3 is 0 Å². The molecule has 0 aromatic heterocycles. The van der Waals surface area contributed by atoms with Crippen molar-refractivity contribution in [3.8, 4) is 0 Å². The molecule has 0 spiro atoms. The molecule has 1 amide bonds. The zero-order chi connectivity index (χ0) is 22.7.